The fourth-order valence-electron chi connectivity index (χ4n) is 4.18. The second kappa shape index (κ2) is 6.08. The first-order valence-corrected chi connectivity index (χ1v) is 8.12. The summed E-state index contributed by atoms with van der Waals surface area (Å²) in [5, 5.41) is 0. The van der Waals surface area contributed by atoms with E-state index in [2.05, 4.69) is 15.7 Å². The molecule has 0 bridgehead atoms. The Labute approximate surface area is 116 Å². The Morgan fingerprint density at radius 2 is 1.79 bits per heavy atom. The van der Waals surface area contributed by atoms with Crippen molar-refractivity contribution in [1.82, 2.24) is 9.55 Å². The molecule has 0 amide bonds. The van der Waals surface area contributed by atoms with Gasteiger partial charge in [0, 0.05) is 30.4 Å². The van der Waals surface area contributed by atoms with Crippen LogP contribution in [0.3, 0.4) is 0 Å². The van der Waals surface area contributed by atoms with Crippen LogP contribution in [-0.2, 0) is 0 Å². The summed E-state index contributed by atoms with van der Waals surface area (Å²) in [4.78, 5) is 4.44. The number of aromatic nitrogens is 2. The Balaban J connectivity index is 1.80. The monoisotopic (exact) mass is 261 g/mol. The Kier molecular flexibility index (Phi) is 4.21. The molecule has 19 heavy (non-hydrogen) atoms. The molecule has 0 radical (unpaired) electrons. The Morgan fingerprint density at radius 1 is 1.11 bits per heavy atom. The highest BCUT2D eigenvalue weighted by molar-refractivity contribution is 5.09. The molecular weight excluding hydrogens is 234 g/mol. The number of imidazole rings is 1. The predicted molar refractivity (Wildman–Crippen MR) is 78.1 cm³/mol. The molecule has 2 fully saturated rings. The maximum atomic E-state index is 6.09. The van der Waals surface area contributed by atoms with Crippen LogP contribution in [0.2, 0.25) is 0 Å². The second-order valence-electron chi connectivity index (χ2n) is 6.41. The van der Waals surface area contributed by atoms with Crippen molar-refractivity contribution in [1.29, 1.82) is 0 Å². The standard InChI is InChI=1S/C16H27N3/c17-10-15(13-8-4-5-9-13)19-12-18-11-16(19)14-6-2-1-3-7-14/h11-15H,1-10,17H2. The van der Waals surface area contributed by atoms with E-state index in [1.807, 2.05) is 6.33 Å². The molecule has 1 aromatic rings. The maximum absolute atomic E-state index is 6.09. The van der Waals surface area contributed by atoms with E-state index in [4.69, 9.17) is 5.73 Å². The lowest BCUT2D eigenvalue weighted by Gasteiger charge is -2.29. The molecule has 2 saturated carbocycles. The molecule has 0 aromatic carbocycles. The van der Waals surface area contributed by atoms with Crippen LogP contribution in [0.25, 0.3) is 0 Å². The van der Waals surface area contributed by atoms with Crippen LogP contribution in [0.5, 0.6) is 0 Å². The summed E-state index contributed by atoms with van der Waals surface area (Å²) in [6.07, 6.45) is 16.5. The Hall–Kier alpha value is -0.830. The lowest BCUT2D eigenvalue weighted by Crippen LogP contribution is -2.27. The highest BCUT2D eigenvalue weighted by Gasteiger charge is 2.28. The summed E-state index contributed by atoms with van der Waals surface area (Å²) in [6.45, 7) is 0.765. The molecule has 1 atom stereocenters. The third-order valence-electron chi connectivity index (χ3n) is 5.26. The maximum Gasteiger partial charge on any atom is 0.0951 e. The molecule has 106 valence electrons. The number of hydrogen-bond donors (Lipinski definition) is 1. The van der Waals surface area contributed by atoms with Crippen molar-refractivity contribution in [3.8, 4) is 0 Å². The average Bonchev–Trinajstić information content (AvgIpc) is 3.12. The van der Waals surface area contributed by atoms with Gasteiger partial charge >= 0.3 is 0 Å². The molecule has 0 aliphatic heterocycles. The van der Waals surface area contributed by atoms with E-state index >= 15 is 0 Å². The van der Waals surface area contributed by atoms with Crippen LogP contribution < -0.4 is 5.73 Å². The van der Waals surface area contributed by atoms with Crippen LogP contribution >= 0.6 is 0 Å². The van der Waals surface area contributed by atoms with Gasteiger partial charge in [-0.1, -0.05) is 32.1 Å². The third-order valence-corrected chi connectivity index (χ3v) is 5.26. The number of nitrogens with zero attached hydrogens (tertiary/aromatic N) is 2. The predicted octanol–water partition coefficient (Wildman–Crippen LogP) is 3.62. The zero-order valence-electron chi connectivity index (χ0n) is 11.9. The topological polar surface area (TPSA) is 43.8 Å². The number of hydrogen-bond acceptors (Lipinski definition) is 2. The smallest absolute Gasteiger partial charge is 0.0951 e. The molecule has 0 spiro atoms. The summed E-state index contributed by atoms with van der Waals surface area (Å²) in [5.41, 5.74) is 7.55. The zero-order chi connectivity index (χ0) is 13.1. The van der Waals surface area contributed by atoms with Crippen LogP contribution in [0.15, 0.2) is 12.5 Å². The Morgan fingerprint density at radius 3 is 2.47 bits per heavy atom. The molecular formula is C16H27N3. The quantitative estimate of drug-likeness (QED) is 0.899. The van der Waals surface area contributed by atoms with Crippen molar-refractivity contribution in [2.75, 3.05) is 6.54 Å². The van der Waals surface area contributed by atoms with E-state index in [9.17, 15) is 0 Å². The van der Waals surface area contributed by atoms with E-state index in [0.29, 0.717) is 6.04 Å². The van der Waals surface area contributed by atoms with Gasteiger partial charge in [-0.15, -0.1) is 0 Å². The lowest BCUT2D eigenvalue weighted by atomic mass is 9.86. The summed E-state index contributed by atoms with van der Waals surface area (Å²) < 4.78 is 2.44. The molecule has 1 heterocycles. The lowest BCUT2D eigenvalue weighted by molar-refractivity contribution is 0.320. The van der Waals surface area contributed by atoms with Crippen molar-refractivity contribution in [3.05, 3.63) is 18.2 Å². The van der Waals surface area contributed by atoms with Gasteiger partial charge in [0.1, 0.15) is 0 Å². The summed E-state index contributed by atoms with van der Waals surface area (Å²) in [6, 6.07) is 0.488. The van der Waals surface area contributed by atoms with Crippen LogP contribution in [0.4, 0.5) is 0 Å². The SMILES string of the molecule is NCC(C1CCCC1)n1cncc1C1CCCCC1. The summed E-state index contributed by atoms with van der Waals surface area (Å²) in [5.74, 6) is 1.51. The number of nitrogens with two attached hydrogens (primary N) is 1. The van der Waals surface area contributed by atoms with Gasteiger partial charge in [-0.25, -0.2) is 4.98 Å². The highest BCUT2D eigenvalue weighted by atomic mass is 15.1. The fourth-order valence-corrected chi connectivity index (χ4v) is 4.18. The van der Waals surface area contributed by atoms with E-state index in [-0.39, 0.29) is 0 Å². The minimum absolute atomic E-state index is 0.488. The van der Waals surface area contributed by atoms with Gasteiger partial charge in [-0.2, -0.15) is 0 Å². The van der Waals surface area contributed by atoms with Crippen molar-refractivity contribution in [3.63, 3.8) is 0 Å². The average molecular weight is 261 g/mol. The molecule has 3 rings (SSSR count). The van der Waals surface area contributed by atoms with E-state index in [1.165, 1.54) is 63.5 Å². The summed E-state index contributed by atoms with van der Waals surface area (Å²) >= 11 is 0. The van der Waals surface area contributed by atoms with Crippen LogP contribution in [-0.4, -0.2) is 16.1 Å². The van der Waals surface area contributed by atoms with E-state index < -0.39 is 0 Å². The van der Waals surface area contributed by atoms with Gasteiger partial charge in [0.05, 0.1) is 6.33 Å². The minimum Gasteiger partial charge on any atom is -0.330 e. The molecule has 2 aliphatic carbocycles. The molecule has 2 N–H and O–H groups in total. The van der Waals surface area contributed by atoms with Gasteiger partial charge in [-0.05, 0) is 31.6 Å². The largest absolute Gasteiger partial charge is 0.330 e. The highest BCUT2D eigenvalue weighted by Crippen LogP contribution is 2.38. The Bertz CT molecular complexity index is 386. The van der Waals surface area contributed by atoms with E-state index in [1.54, 1.807) is 0 Å². The minimum atomic E-state index is 0.488. The van der Waals surface area contributed by atoms with Gasteiger partial charge in [0.2, 0.25) is 0 Å². The molecule has 1 aromatic heterocycles. The molecule has 3 nitrogen and oxygen atoms in total. The van der Waals surface area contributed by atoms with Crippen molar-refractivity contribution < 1.29 is 0 Å². The van der Waals surface area contributed by atoms with Crippen molar-refractivity contribution in [2.24, 2.45) is 11.7 Å². The first kappa shape index (κ1) is 13.2. The first-order valence-electron chi connectivity index (χ1n) is 8.12. The van der Waals surface area contributed by atoms with Gasteiger partial charge in [0.25, 0.3) is 0 Å². The first-order chi connectivity index (χ1) is 9.40. The molecule has 0 saturated heterocycles. The zero-order valence-corrected chi connectivity index (χ0v) is 11.9. The fraction of sp³-hybridized carbons (Fsp3) is 0.812. The van der Waals surface area contributed by atoms with Crippen molar-refractivity contribution >= 4 is 0 Å². The van der Waals surface area contributed by atoms with Crippen molar-refractivity contribution in [2.45, 2.75) is 69.7 Å². The molecule has 1 unspecified atom stereocenters. The summed E-state index contributed by atoms with van der Waals surface area (Å²) in [7, 11) is 0. The van der Waals surface area contributed by atoms with Gasteiger partial charge < -0.3 is 10.3 Å². The third kappa shape index (κ3) is 2.71. The van der Waals surface area contributed by atoms with Gasteiger partial charge in [-0.3, -0.25) is 0 Å². The van der Waals surface area contributed by atoms with E-state index in [0.717, 1.165) is 18.4 Å². The normalized spacial score (nSPS) is 23.8. The van der Waals surface area contributed by atoms with Crippen LogP contribution in [0.1, 0.15) is 75.4 Å². The molecule has 2 aliphatic rings. The van der Waals surface area contributed by atoms with Gasteiger partial charge in [0.15, 0.2) is 0 Å². The molecule has 3 heteroatoms. The second-order valence-corrected chi connectivity index (χ2v) is 6.41. The number of rotatable bonds is 4. The van der Waals surface area contributed by atoms with Crippen LogP contribution in [0, 0.1) is 5.92 Å².